The van der Waals surface area contributed by atoms with Gasteiger partial charge in [0.05, 0.1) is 22.8 Å². The summed E-state index contributed by atoms with van der Waals surface area (Å²) >= 11 is 7.40. The van der Waals surface area contributed by atoms with Gasteiger partial charge in [0.25, 0.3) is 0 Å². The molecule has 13 heteroatoms. The smallest absolute Gasteiger partial charge is 0.852 e. The Hall–Kier alpha value is -2.29. The summed E-state index contributed by atoms with van der Waals surface area (Å²) in [6.45, 7) is 5.87. The summed E-state index contributed by atoms with van der Waals surface area (Å²) < 4.78 is 0. The average Bonchev–Trinajstić information content (AvgIpc) is 2.81. The van der Waals surface area contributed by atoms with E-state index in [4.69, 9.17) is 20.7 Å². The summed E-state index contributed by atoms with van der Waals surface area (Å²) in [5.74, 6) is -1.08. The fourth-order valence-corrected chi connectivity index (χ4v) is 2.21. The minimum Gasteiger partial charge on any atom is -0.852 e. The molecule has 0 aliphatic rings. The molecule has 0 aliphatic carbocycles. The fraction of sp³-hybridized carbons (Fsp3) is 0.348. The van der Waals surface area contributed by atoms with E-state index >= 15 is 0 Å². The van der Waals surface area contributed by atoms with Crippen LogP contribution in [0.25, 0.3) is 10.8 Å². The van der Waals surface area contributed by atoms with Crippen LogP contribution in [-0.2, 0) is 38.9 Å². The Morgan fingerprint density at radius 3 is 1.44 bits per heavy atom. The molecule has 0 saturated heterocycles. The molecule has 36 heavy (non-hydrogen) atoms. The molecule has 0 aliphatic heterocycles. The minimum absolute atomic E-state index is 0. The number of rotatable bonds is 8. The average molecular weight is 610 g/mol. The number of aromatic nitrogens is 2. The van der Waals surface area contributed by atoms with Gasteiger partial charge in [-0.1, -0.05) is 36.6 Å². The maximum atomic E-state index is 12.0. The Balaban J connectivity index is -0.000000368. The predicted octanol–water partition coefficient (Wildman–Crippen LogP) is 2.37. The Morgan fingerprint density at radius 1 is 0.889 bits per heavy atom. The van der Waals surface area contributed by atoms with E-state index in [1.54, 1.807) is 12.4 Å². The van der Waals surface area contributed by atoms with E-state index in [2.05, 4.69) is 44.4 Å². The molecule has 0 radical (unpaired) electrons. The van der Waals surface area contributed by atoms with Crippen molar-refractivity contribution in [3.05, 3.63) is 71.0 Å². The fourth-order valence-electron chi connectivity index (χ4n) is 2.21. The van der Waals surface area contributed by atoms with E-state index in [1.807, 2.05) is 50.2 Å². The van der Waals surface area contributed by atoms with Gasteiger partial charge < -0.3 is 25.8 Å². The number of hydrogen-bond acceptors (Lipinski definition) is 9. The molecule has 0 N–H and O–H groups in total. The summed E-state index contributed by atoms with van der Waals surface area (Å²) in [5, 5.41) is 37.8. The maximum absolute atomic E-state index is 12.0. The second-order valence-corrected chi connectivity index (χ2v) is 6.60. The third kappa shape index (κ3) is 26.3. The number of thiocarbonyl (C=S) groups is 2. The SMILES string of the molecule is CC(=NCCC([O-])CCN=C(C)c1ccccn1)c1ccccn1.CC(=O)[O-].[Fe+2].[Fe+2].[N-]=C=S.[N-]=C=S. The van der Waals surface area contributed by atoms with Crippen LogP contribution < -0.4 is 10.2 Å². The third-order valence-corrected chi connectivity index (χ3v) is 3.67. The van der Waals surface area contributed by atoms with Crippen molar-refractivity contribution in [1.29, 1.82) is 0 Å². The zero-order valence-corrected chi connectivity index (χ0v) is 23.8. The Morgan fingerprint density at radius 2 is 1.19 bits per heavy atom. The summed E-state index contributed by atoms with van der Waals surface area (Å²) in [5.41, 5.74) is 3.45. The van der Waals surface area contributed by atoms with Crippen molar-refractivity contribution in [3.63, 3.8) is 0 Å². The van der Waals surface area contributed by atoms with Crippen molar-refractivity contribution in [2.24, 2.45) is 9.98 Å². The number of isothiocyanates is 2. The monoisotopic (exact) mass is 610 g/mol. The van der Waals surface area contributed by atoms with Gasteiger partial charge in [0.1, 0.15) is 0 Å². The van der Waals surface area contributed by atoms with Crippen LogP contribution in [0.3, 0.4) is 0 Å². The first kappa shape index (κ1) is 40.9. The van der Waals surface area contributed by atoms with Crippen LogP contribution in [0, 0.1) is 0 Å². The molecule has 0 aromatic carbocycles. The predicted molar refractivity (Wildman–Crippen MR) is 138 cm³/mol. The van der Waals surface area contributed by atoms with Gasteiger partial charge in [-0.25, -0.2) is 0 Å². The molecule has 0 fully saturated rings. The van der Waals surface area contributed by atoms with Gasteiger partial charge >= 0.3 is 34.1 Å². The number of carboxylic acids is 1. The van der Waals surface area contributed by atoms with Crippen LogP contribution in [0.15, 0.2) is 58.8 Å². The van der Waals surface area contributed by atoms with Gasteiger partial charge in [0.15, 0.2) is 0 Å². The number of carbonyl (C=O) groups is 1. The summed E-state index contributed by atoms with van der Waals surface area (Å²) in [4.78, 5) is 26.2. The van der Waals surface area contributed by atoms with Gasteiger partial charge in [0.2, 0.25) is 0 Å². The molecule has 0 amide bonds. The van der Waals surface area contributed by atoms with Gasteiger partial charge in [0, 0.05) is 31.5 Å². The number of carbonyl (C=O) groups excluding carboxylic acids is 1. The molecule has 0 saturated carbocycles. The van der Waals surface area contributed by atoms with Gasteiger partial charge in [-0.05, 0) is 57.9 Å². The van der Waals surface area contributed by atoms with E-state index in [0.717, 1.165) is 29.7 Å². The zero-order chi connectivity index (χ0) is 26.2. The number of nitrogens with zero attached hydrogens (tertiary/aromatic N) is 6. The number of pyridine rings is 2. The first-order valence-corrected chi connectivity index (χ1v) is 10.8. The molecule has 2 aromatic heterocycles. The Bertz CT molecular complexity index is 877. The molecule has 9 nitrogen and oxygen atoms in total. The topological polar surface area (TPSA) is 158 Å². The first-order valence-electron chi connectivity index (χ1n) is 9.94. The van der Waals surface area contributed by atoms with Crippen molar-refractivity contribution in [2.75, 3.05) is 13.1 Å². The van der Waals surface area contributed by atoms with Crippen molar-refractivity contribution in [3.8, 4) is 0 Å². The zero-order valence-electron chi connectivity index (χ0n) is 20.0. The summed E-state index contributed by atoms with van der Waals surface area (Å²) in [6.07, 6.45) is 3.87. The molecule has 2 heterocycles. The van der Waals surface area contributed by atoms with Crippen LogP contribution in [0.2, 0.25) is 0 Å². The second kappa shape index (κ2) is 28.9. The molecule has 0 unspecified atom stereocenters. The van der Waals surface area contributed by atoms with E-state index in [0.29, 0.717) is 25.9 Å². The van der Waals surface area contributed by atoms with E-state index < -0.39 is 12.1 Å². The van der Waals surface area contributed by atoms with Crippen LogP contribution in [0.5, 0.6) is 0 Å². The van der Waals surface area contributed by atoms with Gasteiger partial charge in [-0.15, -0.1) is 6.10 Å². The minimum atomic E-state index is -1.08. The first-order chi connectivity index (χ1) is 16.2. The van der Waals surface area contributed by atoms with Crippen molar-refractivity contribution in [1.82, 2.24) is 9.97 Å². The van der Waals surface area contributed by atoms with Crippen LogP contribution in [0.1, 0.15) is 45.0 Å². The van der Waals surface area contributed by atoms with Crippen LogP contribution >= 0.6 is 24.4 Å². The summed E-state index contributed by atoms with van der Waals surface area (Å²) in [7, 11) is 0. The van der Waals surface area contributed by atoms with E-state index in [-0.39, 0.29) is 34.1 Å². The van der Waals surface area contributed by atoms with Crippen molar-refractivity contribution >= 4 is 52.2 Å². The largest absolute Gasteiger partial charge is 2.00 e. The molecule has 0 bridgehead atoms. The van der Waals surface area contributed by atoms with E-state index in [1.165, 1.54) is 10.3 Å². The molecule has 2 rings (SSSR count). The quantitative estimate of drug-likeness (QED) is 0.252. The maximum Gasteiger partial charge on any atom is 2.00 e. The van der Waals surface area contributed by atoms with Crippen molar-refractivity contribution < 1.29 is 49.1 Å². The number of aliphatic carboxylic acids is 1. The van der Waals surface area contributed by atoms with Crippen LogP contribution in [0.4, 0.5) is 0 Å². The molecule has 2 aromatic rings. The standard InChI is InChI=1S/C19H23N4O.C2H4O2.2CNS.2Fe/c1-15(18-7-3-5-11-22-18)20-13-9-17(24)10-14-21-16(2)19-8-4-6-12-23-19;1-2(3)4;2*2-1-3;;/h3-8,11-12,17H,9-10,13-14H2,1-2H3;1H3,(H,3,4);;;;/q-1;;2*-1;2*+2/p-1. The molecule has 194 valence electrons. The molecular weight excluding hydrogens is 584 g/mol. The number of carboxylic acid groups (broad SMARTS) is 1. The Kier molecular flexibility index (Phi) is 32.9. The van der Waals surface area contributed by atoms with Gasteiger partial charge in [-0.2, -0.15) is 10.3 Å². The van der Waals surface area contributed by atoms with E-state index in [9.17, 15) is 5.11 Å². The normalized spacial score (nSPS) is 10.3. The number of aliphatic imine (C=N–C) groups is 2. The second-order valence-electron chi connectivity index (χ2n) is 6.24. The van der Waals surface area contributed by atoms with Gasteiger partial charge in [-0.3, -0.25) is 20.0 Å². The summed E-state index contributed by atoms with van der Waals surface area (Å²) in [6, 6.07) is 11.4. The third-order valence-electron chi connectivity index (χ3n) is 3.67. The Labute approximate surface area is 244 Å². The molecule has 0 spiro atoms. The van der Waals surface area contributed by atoms with Crippen LogP contribution in [-0.4, -0.2) is 56.9 Å². The molecular formula is C23H26Fe2N6O3S2. The molecule has 0 atom stereocenters. The number of hydrogen-bond donors (Lipinski definition) is 0. The van der Waals surface area contributed by atoms with Crippen molar-refractivity contribution in [2.45, 2.75) is 39.7 Å².